The van der Waals surface area contributed by atoms with Crippen molar-refractivity contribution in [1.82, 2.24) is 0 Å². The Morgan fingerprint density at radius 3 is 1.06 bits per heavy atom. The van der Waals surface area contributed by atoms with Crippen LogP contribution in [0.3, 0.4) is 0 Å². The Labute approximate surface area is 212 Å². The van der Waals surface area contributed by atoms with Crippen molar-refractivity contribution in [3.63, 3.8) is 0 Å². The fourth-order valence-corrected chi connectivity index (χ4v) is 7.15. The molecule has 0 N–H and O–H groups in total. The highest BCUT2D eigenvalue weighted by Crippen LogP contribution is 2.49. The van der Waals surface area contributed by atoms with E-state index in [1.54, 1.807) is 0 Å². The van der Waals surface area contributed by atoms with Gasteiger partial charge in [0.2, 0.25) is 0 Å². The molecule has 0 aromatic rings. The predicted molar refractivity (Wildman–Crippen MR) is 134 cm³/mol. The molecule has 4 aliphatic rings. The maximum atomic E-state index is 12.2. The van der Waals surface area contributed by atoms with E-state index in [4.69, 9.17) is 18.9 Å². The molecule has 0 heterocycles. The highest BCUT2D eigenvalue weighted by Gasteiger charge is 2.41. The molecule has 4 rings (SSSR count). The van der Waals surface area contributed by atoms with Crippen molar-refractivity contribution >= 4 is 12.3 Å². The maximum Gasteiger partial charge on any atom is 0.508 e. The minimum Gasteiger partial charge on any atom is -0.431 e. The first-order chi connectivity index (χ1) is 16.9. The van der Waals surface area contributed by atoms with Crippen molar-refractivity contribution in [3.8, 4) is 0 Å². The standard InChI is InChI=1S/C29H48O6/c1-29(2,21-13-17-25(18-14-21)34-27(30)32-23-9-5-3-6-10-23)22-15-19-26(20-16-22)35-28(31)33-24-11-7-4-8-12-24/h21-26H,3-20H2,1-2H3. The molecule has 0 aromatic heterocycles. The van der Waals surface area contributed by atoms with Crippen LogP contribution in [0.4, 0.5) is 9.59 Å². The molecular weight excluding hydrogens is 444 g/mol. The normalized spacial score (nSPS) is 31.4. The molecule has 200 valence electrons. The van der Waals surface area contributed by atoms with E-state index in [0.717, 1.165) is 103 Å². The summed E-state index contributed by atoms with van der Waals surface area (Å²) in [5.74, 6) is 1.27. The number of hydrogen-bond donors (Lipinski definition) is 0. The number of carbonyl (C=O) groups excluding carboxylic acids is 2. The van der Waals surface area contributed by atoms with Gasteiger partial charge in [0.1, 0.15) is 24.4 Å². The van der Waals surface area contributed by atoms with Crippen molar-refractivity contribution in [2.24, 2.45) is 17.3 Å². The summed E-state index contributed by atoms with van der Waals surface area (Å²) in [4.78, 5) is 24.5. The number of carbonyl (C=O) groups is 2. The Bertz CT molecular complexity index is 607. The molecule has 0 aromatic carbocycles. The second kappa shape index (κ2) is 12.7. The molecule has 0 aliphatic heterocycles. The van der Waals surface area contributed by atoms with Crippen LogP contribution in [0.15, 0.2) is 0 Å². The molecular formula is C29H48O6. The Kier molecular flexibility index (Phi) is 9.63. The van der Waals surface area contributed by atoms with Crippen LogP contribution in [0.5, 0.6) is 0 Å². The highest BCUT2D eigenvalue weighted by molar-refractivity contribution is 5.60. The van der Waals surface area contributed by atoms with E-state index >= 15 is 0 Å². The Morgan fingerprint density at radius 2 is 0.743 bits per heavy atom. The lowest BCUT2D eigenvalue weighted by Gasteiger charge is -2.46. The molecule has 0 saturated heterocycles. The van der Waals surface area contributed by atoms with Gasteiger partial charge in [-0.1, -0.05) is 26.7 Å². The summed E-state index contributed by atoms with van der Waals surface area (Å²) in [7, 11) is 0. The Morgan fingerprint density at radius 1 is 0.457 bits per heavy atom. The molecule has 0 amide bonds. The van der Waals surface area contributed by atoms with Crippen LogP contribution in [0.2, 0.25) is 0 Å². The van der Waals surface area contributed by atoms with Gasteiger partial charge in [0.15, 0.2) is 0 Å². The van der Waals surface area contributed by atoms with Crippen molar-refractivity contribution in [1.29, 1.82) is 0 Å². The summed E-state index contributed by atoms with van der Waals surface area (Å²) in [6.45, 7) is 4.83. The van der Waals surface area contributed by atoms with Gasteiger partial charge < -0.3 is 18.9 Å². The van der Waals surface area contributed by atoms with Crippen LogP contribution in [0, 0.1) is 17.3 Å². The maximum absolute atomic E-state index is 12.2. The molecule has 4 saturated carbocycles. The van der Waals surface area contributed by atoms with Crippen LogP contribution in [-0.2, 0) is 18.9 Å². The third-order valence-corrected chi connectivity index (χ3v) is 9.61. The lowest BCUT2D eigenvalue weighted by Crippen LogP contribution is -2.39. The molecule has 0 radical (unpaired) electrons. The number of hydrogen-bond acceptors (Lipinski definition) is 6. The summed E-state index contributed by atoms with van der Waals surface area (Å²) >= 11 is 0. The fourth-order valence-electron chi connectivity index (χ4n) is 7.15. The van der Waals surface area contributed by atoms with E-state index in [0.29, 0.717) is 11.8 Å². The molecule has 4 aliphatic carbocycles. The van der Waals surface area contributed by atoms with Gasteiger partial charge in [0.05, 0.1) is 0 Å². The largest absolute Gasteiger partial charge is 0.508 e. The molecule has 0 bridgehead atoms. The van der Waals surface area contributed by atoms with E-state index in [1.807, 2.05) is 0 Å². The predicted octanol–water partition coefficient (Wildman–Crippen LogP) is 8.10. The molecule has 0 atom stereocenters. The molecule has 6 heteroatoms. The first kappa shape index (κ1) is 26.6. The van der Waals surface area contributed by atoms with E-state index in [2.05, 4.69) is 13.8 Å². The van der Waals surface area contributed by atoms with Crippen molar-refractivity contribution < 1.29 is 28.5 Å². The van der Waals surface area contributed by atoms with Gasteiger partial charge in [-0.25, -0.2) is 9.59 Å². The fraction of sp³-hybridized carbons (Fsp3) is 0.931. The van der Waals surface area contributed by atoms with Gasteiger partial charge >= 0.3 is 12.3 Å². The third-order valence-electron chi connectivity index (χ3n) is 9.61. The average molecular weight is 493 g/mol. The van der Waals surface area contributed by atoms with Crippen LogP contribution < -0.4 is 0 Å². The molecule has 4 fully saturated rings. The molecule has 0 unspecified atom stereocenters. The van der Waals surface area contributed by atoms with Gasteiger partial charge in [0.25, 0.3) is 0 Å². The smallest absolute Gasteiger partial charge is 0.431 e. The minimum atomic E-state index is -0.458. The third kappa shape index (κ3) is 7.76. The summed E-state index contributed by atoms with van der Waals surface area (Å²) in [5, 5.41) is 0. The van der Waals surface area contributed by atoms with Crippen LogP contribution in [0.1, 0.15) is 129 Å². The van der Waals surface area contributed by atoms with Gasteiger partial charge in [0, 0.05) is 0 Å². The van der Waals surface area contributed by atoms with Gasteiger partial charge in [-0.2, -0.15) is 0 Å². The highest BCUT2D eigenvalue weighted by atomic mass is 16.7. The molecule has 0 spiro atoms. The van der Waals surface area contributed by atoms with Crippen LogP contribution in [-0.4, -0.2) is 36.7 Å². The Hall–Kier alpha value is -1.46. The summed E-state index contributed by atoms with van der Waals surface area (Å²) < 4.78 is 22.5. The number of ether oxygens (including phenoxy) is 4. The van der Waals surface area contributed by atoms with Gasteiger partial charge in [-0.15, -0.1) is 0 Å². The summed E-state index contributed by atoms with van der Waals surface area (Å²) in [6, 6.07) is 0. The zero-order valence-corrected chi connectivity index (χ0v) is 22.1. The van der Waals surface area contributed by atoms with Crippen molar-refractivity contribution in [2.75, 3.05) is 0 Å². The van der Waals surface area contributed by atoms with E-state index in [1.165, 1.54) is 12.8 Å². The quantitative estimate of drug-likeness (QED) is 0.349. The monoisotopic (exact) mass is 492 g/mol. The van der Waals surface area contributed by atoms with Gasteiger partial charge in [-0.3, -0.25) is 0 Å². The first-order valence-corrected chi connectivity index (χ1v) is 14.6. The van der Waals surface area contributed by atoms with Crippen molar-refractivity contribution in [2.45, 2.75) is 154 Å². The molecule has 35 heavy (non-hydrogen) atoms. The first-order valence-electron chi connectivity index (χ1n) is 14.6. The van der Waals surface area contributed by atoms with Crippen LogP contribution >= 0.6 is 0 Å². The second-order valence-electron chi connectivity index (χ2n) is 12.3. The van der Waals surface area contributed by atoms with Crippen molar-refractivity contribution in [3.05, 3.63) is 0 Å². The van der Waals surface area contributed by atoms with Gasteiger partial charge in [-0.05, 0) is 120 Å². The summed E-state index contributed by atoms with van der Waals surface area (Å²) in [5.41, 5.74) is 0.237. The lowest BCUT2D eigenvalue weighted by atomic mass is 9.60. The molecule has 6 nitrogen and oxygen atoms in total. The number of rotatable bonds is 6. The van der Waals surface area contributed by atoms with E-state index in [-0.39, 0.29) is 29.8 Å². The SMILES string of the molecule is CC(C)(C1CCC(OC(=O)OC2CCCCC2)CC1)C1CCC(OC(=O)OC2CCCCC2)CC1. The topological polar surface area (TPSA) is 71.1 Å². The zero-order valence-electron chi connectivity index (χ0n) is 22.1. The van der Waals surface area contributed by atoms with E-state index < -0.39 is 12.3 Å². The van der Waals surface area contributed by atoms with E-state index in [9.17, 15) is 9.59 Å². The second-order valence-corrected chi connectivity index (χ2v) is 12.3. The van der Waals surface area contributed by atoms with Crippen LogP contribution in [0.25, 0.3) is 0 Å². The zero-order chi connectivity index (χ0) is 24.7. The average Bonchev–Trinajstić information content (AvgIpc) is 2.86. The minimum absolute atomic E-state index is 0.00236. The lowest BCUT2D eigenvalue weighted by molar-refractivity contribution is -0.0451. The Balaban J connectivity index is 1.14. The summed E-state index contributed by atoms with van der Waals surface area (Å²) in [6.07, 6.45) is 18.3.